The SMILES string of the molecule is O=C(C=CC1CCC(O)C(O)C1)OCC1OC(OC2CC3C(OC4OC(CO)C(O)C(O)C4O)CC(O)CC3[OH+]C2C2CCC(O)CC2)C(O)C(O)C1O. The molecular formula is C36H59O18+. The fourth-order valence-corrected chi connectivity index (χ4v) is 9.06. The largest absolute Gasteiger partial charge is 0.460 e. The second-order valence-electron chi connectivity index (χ2n) is 16.1. The lowest BCUT2D eigenvalue weighted by Crippen LogP contribution is -2.64. The topological polar surface area (TPSA) is 299 Å². The molecule has 3 aliphatic carbocycles. The first-order chi connectivity index (χ1) is 25.7. The molecule has 18 heteroatoms. The van der Waals surface area contributed by atoms with Crippen molar-refractivity contribution in [2.24, 2.45) is 17.8 Å². The smallest absolute Gasteiger partial charge is 0.330 e. The van der Waals surface area contributed by atoms with Gasteiger partial charge in [0.05, 0.1) is 43.0 Å². The predicted octanol–water partition coefficient (Wildman–Crippen LogP) is -4.02. The van der Waals surface area contributed by atoms with Crippen LogP contribution < -0.4 is 0 Å². The number of fused-ring (bicyclic) bond motifs is 1. The zero-order valence-corrected chi connectivity index (χ0v) is 30.1. The molecule has 18 nitrogen and oxygen atoms in total. The summed E-state index contributed by atoms with van der Waals surface area (Å²) in [7, 11) is 0. The van der Waals surface area contributed by atoms with Gasteiger partial charge < -0.3 is 84.6 Å². The van der Waals surface area contributed by atoms with Gasteiger partial charge in [-0.2, -0.15) is 0 Å². The summed E-state index contributed by atoms with van der Waals surface area (Å²) in [5.41, 5.74) is 0. The van der Waals surface area contributed by atoms with E-state index < -0.39 is 135 Å². The van der Waals surface area contributed by atoms with Crippen molar-refractivity contribution in [3.05, 3.63) is 12.2 Å². The summed E-state index contributed by atoms with van der Waals surface area (Å²) >= 11 is 0. The standard InChI is InChI=1S/C36H58O18/c37-13-25-28(43)30(45)32(47)35(53-25)51-23-11-18(39)10-22-19(23)12-24(34(50-22)16-3-5-17(38)6-4-16)52-36-33(48)31(46)29(44)26(54-36)14-49-27(42)8-2-15-1-7-20(40)21(41)9-15/h2,8,15-26,28-41,43-48H,1,3-7,9-14H2/p+1. The van der Waals surface area contributed by atoms with E-state index in [1.165, 1.54) is 6.08 Å². The van der Waals surface area contributed by atoms with E-state index in [4.69, 9.17) is 28.4 Å². The first-order valence-electron chi connectivity index (χ1n) is 19.3. The lowest BCUT2D eigenvalue weighted by Gasteiger charge is -2.50. The Morgan fingerprint density at radius 3 is 1.93 bits per heavy atom. The number of ether oxygens (including phenoxy) is 6. The monoisotopic (exact) mass is 779 g/mol. The summed E-state index contributed by atoms with van der Waals surface area (Å²) in [4.78, 5) is 12.6. The minimum atomic E-state index is -1.73. The average Bonchev–Trinajstić information content (AvgIpc) is 3.15. The highest BCUT2D eigenvalue weighted by Crippen LogP contribution is 2.44. The van der Waals surface area contributed by atoms with E-state index in [0.717, 1.165) is 0 Å². The summed E-state index contributed by atoms with van der Waals surface area (Å²) in [5.74, 6) is -1.38. The second kappa shape index (κ2) is 18.4. The minimum absolute atomic E-state index is 0.0449. The van der Waals surface area contributed by atoms with Crippen LogP contribution in [0.25, 0.3) is 0 Å². The van der Waals surface area contributed by atoms with Gasteiger partial charge in [-0.3, -0.25) is 0 Å². The van der Waals surface area contributed by atoms with E-state index in [2.05, 4.69) is 0 Å². The molecule has 310 valence electrons. The van der Waals surface area contributed by atoms with Crippen molar-refractivity contribution >= 4 is 5.97 Å². The van der Waals surface area contributed by atoms with E-state index in [-0.39, 0.29) is 31.1 Å². The van der Waals surface area contributed by atoms with Crippen molar-refractivity contribution < 1.29 is 89.4 Å². The molecule has 54 heavy (non-hydrogen) atoms. The van der Waals surface area contributed by atoms with E-state index in [1.807, 2.05) is 0 Å². The van der Waals surface area contributed by atoms with Gasteiger partial charge >= 0.3 is 5.97 Å². The molecule has 3 saturated heterocycles. The van der Waals surface area contributed by atoms with Crippen molar-refractivity contribution in [1.82, 2.24) is 0 Å². The Bertz CT molecular complexity index is 1230. The first kappa shape index (κ1) is 42.2. The number of hydrogen-bond acceptors (Lipinski definition) is 17. The van der Waals surface area contributed by atoms with Crippen LogP contribution in [0.2, 0.25) is 0 Å². The highest BCUT2D eigenvalue weighted by atomic mass is 16.7. The van der Waals surface area contributed by atoms with Gasteiger partial charge in [0.15, 0.2) is 24.8 Å². The molecule has 12 N–H and O–H groups in total. The number of aliphatic hydroxyl groups excluding tert-OH is 11. The maximum absolute atomic E-state index is 12.6. The Morgan fingerprint density at radius 2 is 1.28 bits per heavy atom. The Balaban J connectivity index is 1.15. The fourth-order valence-electron chi connectivity index (χ4n) is 9.06. The molecule has 0 amide bonds. The maximum atomic E-state index is 12.6. The van der Waals surface area contributed by atoms with Crippen LogP contribution in [-0.2, 0) is 28.5 Å². The van der Waals surface area contributed by atoms with Gasteiger partial charge in [0, 0.05) is 24.8 Å². The molecule has 3 saturated carbocycles. The molecule has 6 rings (SSSR count). The normalized spacial score (nSPS) is 50.4. The Hall–Kier alpha value is -1.43. The number of carbonyl (C=O) groups is 1. The van der Waals surface area contributed by atoms with Crippen LogP contribution >= 0.6 is 0 Å². The maximum Gasteiger partial charge on any atom is 0.330 e. The molecule has 0 aromatic heterocycles. The van der Waals surface area contributed by atoms with E-state index in [1.54, 1.807) is 6.08 Å². The van der Waals surface area contributed by atoms with Crippen molar-refractivity contribution in [1.29, 1.82) is 0 Å². The second-order valence-corrected chi connectivity index (χ2v) is 16.1. The molecule has 3 heterocycles. The molecular weight excluding hydrogens is 720 g/mol. The van der Waals surface area contributed by atoms with Gasteiger partial charge in [0.1, 0.15) is 61.5 Å². The van der Waals surface area contributed by atoms with Crippen LogP contribution in [0.5, 0.6) is 0 Å². The summed E-state index contributed by atoms with van der Waals surface area (Å²) in [6, 6.07) is 0. The molecule has 19 unspecified atom stereocenters. The number of rotatable bonds is 10. The Kier molecular flexibility index (Phi) is 14.4. The number of esters is 1. The van der Waals surface area contributed by atoms with Crippen LogP contribution in [0.15, 0.2) is 12.2 Å². The molecule has 0 aromatic rings. The van der Waals surface area contributed by atoms with Crippen LogP contribution in [0.3, 0.4) is 0 Å². The van der Waals surface area contributed by atoms with E-state index in [9.17, 15) is 61.0 Å². The summed E-state index contributed by atoms with van der Waals surface area (Å²) in [6.07, 6.45) is -13.9. The van der Waals surface area contributed by atoms with Crippen molar-refractivity contribution in [2.75, 3.05) is 13.2 Å². The molecule has 0 spiro atoms. The highest BCUT2D eigenvalue weighted by molar-refractivity contribution is 5.81. The first-order valence-corrected chi connectivity index (χ1v) is 19.3. The molecule has 3 aliphatic heterocycles. The minimum Gasteiger partial charge on any atom is -0.460 e. The number of aliphatic hydroxyl groups is 13. The molecule has 0 bridgehead atoms. The van der Waals surface area contributed by atoms with Crippen molar-refractivity contribution in [3.8, 4) is 0 Å². The van der Waals surface area contributed by atoms with Crippen LogP contribution in [0, 0.1) is 17.8 Å². The van der Waals surface area contributed by atoms with Gasteiger partial charge in [-0.05, 0) is 57.3 Å². The molecule has 0 radical (unpaired) electrons. The summed E-state index contributed by atoms with van der Waals surface area (Å²) < 4.78 is 34.6. The van der Waals surface area contributed by atoms with Gasteiger partial charge in [0.2, 0.25) is 0 Å². The van der Waals surface area contributed by atoms with Crippen LogP contribution in [-0.4, -0.2) is 190 Å². The number of hydrogen-bond donors (Lipinski definition) is 11. The number of allylic oxidation sites excluding steroid dienone is 1. The van der Waals surface area contributed by atoms with Gasteiger partial charge in [-0.25, -0.2) is 4.79 Å². The average molecular weight is 780 g/mol. The third kappa shape index (κ3) is 9.63. The number of carbonyl (C=O) groups excluding carboxylic acids is 1. The summed E-state index contributed by atoms with van der Waals surface area (Å²) in [6.45, 7) is -1.14. The van der Waals surface area contributed by atoms with Crippen LogP contribution in [0.1, 0.15) is 64.2 Å². The lowest BCUT2D eigenvalue weighted by molar-refractivity contribution is -0.366. The quantitative estimate of drug-likeness (QED) is 0.0572. The molecule has 0 aromatic carbocycles. The van der Waals surface area contributed by atoms with Gasteiger partial charge in [-0.1, -0.05) is 6.08 Å². The third-order valence-corrected chi connectivity index (χ3v) is 12.3. The molecule has 6 fully saturated rings. The Labute approximate surface area is 312 Å². The van der Waals surface area contributed by atoms with Gasteiger partial charge in [-0.15, -0.1) is 0 Å². The van der Waals surface area contributed by atoms with Gasteiger partial charge in [0.25, 0.3) is 0 Å². The molecule has 6 aliphatic rings. The predicted molar refractivity (Wildman–Crippen MR) is 181 cm³/mol. The van der Waals surface area contributed by atoms with Crippen molar-refractivity contribution in [3.63, 3.8) is 0 Å². The fraction of sp³-hybridized carbons (Fsp3) is 0.917. The zero-order valence-electron chi connectivity index (χ0n) is 30.1. The lowest BCUT2D eigenvalue weighted by atomic mass is 9.73. The Morgan fingerprint density at radius 1 is 0.648 bits per heavy atom. The zero-order chi connectivity index (χ0) is 38.8. The van der Waals surface area contributed by atoms with Crippen molar-refractivity contribution in [2.45, 2.75) is 174 Å². The molecule has 19 atom stereocenters. The van der Waals surface area contributed by atoms with E-state index in [0.29, 0.717) is 44.9 Å². The van der Waals surface area contributed by atoms with Crippen LogP contribution in [0.4, 0.5) is 0 Å². The van der Waals surface area contributed by atoms with E-state index >= 15 is 0 Å². The summed E-state index contributed by atoms with van der Waals surface area (Å²) in [5, 5.41) is 114. The highest BCUT2D eigenvalue weighted by Gasteiger charge is 2.56. The third-order valence-electron chi connectivity index (χ3n) is 12.3.